The zero-order chi connectivity index (χ0) is 13.9. The average Bonchev–Trinajstić information content (AvgIpc) is 2.49. The van der Waals surface area contributed by atoms with Gasteiger partial charge >= 0.3 is 0 Å². The Labute approximate surface area is 130 Å². The van der Waals surface area contributed by atoms with Crippen molar-refractivity contribution in [3.63, 3.8) is 0 Å². The number of halogens is 1. The second kappa shape index (κ2) is 5.58. The number of carbonyl (C=O) groups excluding carboxylic acids is 1. The van der Waals surface area contributed by atoms with Crippen LogP contribution in [0.25, 0.3) is 10.8 Å². The van der Waals surface area contributed by atoms with Gasteiger partial charge in [-0.3, -0.25) is 9.78 Å². The van der Waals surface area contributed by atoms with Gasteiger partial charge in [-0.05, 0) is 52.2 Å². The fourth-order valence-corrected chi connectivity index (χ4v) is 2.74. The Balaban J connectivity index is 2.00. The molecule has 0 saturated heterocycles. The van der Waals surface area contributed by atoms with E-state index in [4.69, 9.17) is 0 Å². The number of amides is 1. The molecule has 0 unspecified atom stereocenters. The van der Waals surface area contributed by atoms with E-state index in [2.05, 4.69) is 32.9 Å². The summed E-state index contributed by atoms with van der Waals surface area (Å²) in [6, 6.07) is 17.2. The standard InChI is InChI=1S/C16H11IN2O/c17-13-7-3-6-12-11(13)5-4-9-14(12)19-16(20)15-8-1-2-10-18-15/h1-10H,(H,19,20). The molecule has 0 fully saturated rings. The van der Waals surface area contributed by atoms with Crippen LogP contribution in [-0.4, -0.2) is 10.9 Å². The molecule has 98 valence electrons. The second-order valence-corrected chi connectivity index (χ2v) is 5.47. The Morgan fingerprint density at radius 1 is 0.950 bits per heavy atom. The number of anilines is 1. The summed E-state index contributed by atoms with van der Waals surface area (Å²) in [5.41, 5.74) is 1.21. The van der Waals surface area contributed by atoms with Crippen LogP contribution in [0.15, 0.2) is 60.8 Å². The SMILES string of the molecule is O=C(Nc1cccc2c(I)cccc12)c1ccccn1. The highest BCUT2D eigenvalue weighted by Gasteiger charge is 2.09. The summed E-state index contributed by atoms with van der Waals surface area (Å²) >= 11 is 2.29. The van der Waals surface area contributed by atoms with Crippen LogP contribution in [0.5, 0.6) is 0 Å². The van der Waals surface area contributed by atoms with Crippen LogP contribution in [0.1, 0.15) is 10.5 Å². The van der Waals surface area contributed by atoms with Gasteiger partial charge in [-0.25, -0.2) is 0 Å². The normalized spacial score (nSPS) is 10.4. The summed E-state index contributed by atoms with van der Waals surface area (Å²) in [5, 5.41) is 5.09. The van der Waals surface area contributed by atoms with E-state index < -0.39 is 0 Å². The first kappa shape index (κ1) is 13.1. The minimum atomic E-state index is -0.197. The molecular formula is C16H11IN2O. The molecule has 0 aliphatic heterocycles. The molecule has 4 heteroatoms. The Morgan fingerprint density at radius 3 is 2.55 bits per heavy atom. The summed E-state index contributed by atoms with van der Waals surface area (Å²) in [6.45, 7) is 0. The minimum Gasteiger partial charge on any atom is -0.320 e. The molecular weight excluding hydrogens is 363 g/mol. The summed E-state index contributed by atoms with van der Waals surface area (Å²) in [6.07, 6.45) is 1.61. The van der Waals surface area contributed by atoms with Crippen LogP contribution < -0.4 is 5.32 Å². The van der Waals surface area contributed by atoms with E-state index in [1.807, 2.05) is 36.4 Å². The van der Waals surface area contributed by atoms with E-state index in [-0.39, 0.29) is 5.91 Å². The molecule has 2 aromatic carbocycles. The van der Waals surface area contributed by atoms with Crippen molar-refractivity contribution in [2.75, 3.05) is 5.32 Å². The van der Waals surface area contributed by atoms with Gasteiger partial charge in [0.1, 0.15) is 5.69 Å². The zero-order valence-electron chi connectivity index (χ0n) is 10.5. The molecule has 3 rings (SSSR count). The molecule has 20 heavy (non-hydrogen) atoms. The molecule has 0 spiro atoms. The van der Waals surface area contributed by atoms with Gasteiger partial charge in [0.15, 0.2) is 0 Å². The van der Waals surface area contributed by atoms with Crippen molar-refractivity contribution >= 4 is 45.0 Å². The van der Waals surface area contributed by atoms with Crippen molar-refractivity contribution in [1.82, 2.24) is 4.98 Å². The maximum absolute atomic E-state index is 12.2. The van der Waals surface area contributed by atoms with Crippen LogP contribution >= 0.6 is 22.6 Å². The molecule has 0 radical (unpaired) electrons. The maximum Gasteiger partial charge on any atom is 0.274 e. The fraction of sp³-hybridized carbons (Fsp3) is 0. The first-order valence-corrected chi connectivity index (χ1v) is 7.23. The number of hydrogen-bond acceptors (Lipinski definition) is 2. The molecule has 1 N–H and O–H groups in total. The van der Waals surface area contributed by atoms with E-state index in [1.165, 1.54) is 0 Å². The fourth-order valence-electron chi connectivity index (χ4n) is 2.06. The number of benzene rings is 2. The largest absolute Gasteiger partial charge is 0.320 e. The van der Waals surface area contributed by atoms with Gasteiger partial charge in [0, 0.05) is 20.8 Å². The van der Waals surface area contributed by atoms with E-state index >= 15 is 0 Å². The number of hydrogen-bond donors (Lipinski definition) is 1. The van der Waals surface area contributed by atoms with Gasteiger partial charge in [0.05, 0.1) is 0 Å². The predicted molar refractivity (Wildman–Crippen MR) is 88.9 cm³/mol. The lowest BCUT2D eigenvalue weighted by molar-refractivity contribution is 0.102. The quantitative estimate of drug-likeness (QED) is 0.687. The van der Waals surface area contributed by atoms with Gasteiger partial charge in [0.25, 0.3) is 5.91 Å². The van der Waals surface area contributed by atoms with Crippen LogP contribution in [0.2, 0.25) is 0 Å². The van der Waals surface area contributed by atoms with Crippen LogP contribution in [0, 0.1) is 3.57 Å². The first-order valence-electron chi connectivity index (χ1n) is 6.15. The number of carbonyl (C=O) groups is 1. The van der Waals surface area contributed by atoms with E-state index in [9.17, 15) is 4.79 Å². The first-order chi connectivity index (χ1) is 9.75. The Kier molecular flexibility index (Phi) is 3.64. The average molecular weight is 374 g/mol. The molecule has 0 atom stereocenters. The highest BCUT2D eigenvalue weighted by molar-refractivity contribution is 14.1. The van der Waals surface area contributed by atoms with E-state index in [0.717, 1.165) is 20.0 Å². The van der Waals surface area contributed by atoms with E-state index in [0.29, 0.717) is 5.69 Å². The van der Waals surface area contributed by atoms with Crippen molar-refractivity contribution in [3.05, 3.63) is 70.1 Å². The van der Waals surface area contributed by atoms with Crippen molar-refractivity contribution in [1.29, 1.82) is 0 Å². The van der Waals surface area contributed by atoms with Crippen molar-refractivity contribution in [3.8, 4) is 0 Å². The third kappa shape index (κ3) is 2.51. The number of fused-ring (bicyclic) bond motifs is 1. The molecule has 3 nitrogen and oxygen atoms in total. The molecule has 0 aliphatic carbocycles. The minimum absolute atomic E-state index is 0.197. The number of nitrogens with zero attached hydrogens (tertiary/aromatic N) is 1. The Hall–Kier alpha value is -1.95. The Bertz CT molecular complexity index is 772. The highest BCUT2D eigenvalue weighted by atomic mass is 127. The molecule has 1 amide bonds. The highest BCUT2D eigenvalue weighted by Crippen LogP contribution is 2.27. The van der Waals surface area contributed by atoms with Gasteiger partial charge in [-0.1, -0.05) is 30.3 Å². The summed E-state index contributed by atoms with van der Waals surface area (Å²) in [5.74, 6) is -0.197. The monoisotopic (exact) mass is 374 g/mol. The predicted octanol–water partition coefficient (Wildman–Crippen LogP) is 4.09. The molecule has 1 heterocycles. The number of rotatable bonds is 2. The summed E-state index contributed by atoms with van der Waals surface area (Å²) in [4.78, 5) is 16.2. The molecule has 0 saturated carbocycles. The van der Waals surface area contributed by atoms with Crippen LogP contribution in [0.4, 0.5) is 5.69 Å². The lowest BCUT2D eigenvalue weighted by Gasteiger charge is -2.09. The number of aromatic nitrogens is 1. The third-order valence-corrected chi connectivity index (χ3v) is 3.96. The van der Waals surface area contributed by atoms with Gasteiger partial charge in [-0.2, -0.15) is 0 Å². The van der Waals surface area contributed by atoms with Gasteiger partial charge < -0.3 is 5.32 Å². The lowest BCUT2D eigenvalue weighted by Crippen LogP contribution is -2.13. The topological polar surface area (TPSA) is 42.0 Å². The molecule has 3 aromatic rings. The van der Waals surface area contributed by atoms with Crippen LogP contribution in [-0.2, 0) is 0 Å². The van der Waals surface area contributed by atoms with Crippen molar-refractivity contribution in [2.24, 2.45) is 0 Å². The smallest absolute Gasteiger partial charge is 0.274 e. The number of nitrogens with one attached hydrogen (secondary N) is 1. The van der Waals surface area contributed by atoms with E-state index in [1.54, 1.807) is 24.4 Å². The molecule has 0 aliphatic rings. The van der Waals surface area contributed by atoms with Gasteiger partial charge in [0.2, 0.25) is 0 Å². The number of pyridine rings is 1. The zero-order valence-corrected chi connectivity index (χ0v) is 12.7. The molecule has 1 aromatic heterocycles. The summed E-state index contributed by atoms with van der Waals surface area (Å²) in [7, 11) is 0. The third-order valence-electron chi connectivity index (χ3n) is 3.01. The van der Waals surface area contributed by atoms with Crippen LogP contribution in [0.3, 0.4) is 0 Å². The lowest BCUT2D eigenvalue weighted by atomic mass is 10.1. The Morgan fingerprint density at radius 2 is 1.75 bits per heavy atom. The maximum atomic E-state index is 12.2. The summed E-state index contributed by atoms with van der Waals surface area (Å²) < 4.78 is 1.16. The van der Waals surface area contributed by atoms with Crippen molar-refractivity contribution in [2.45, 2.75) is 0 Å². The second-order valence-electron chi connectivity index (χ2n) is 4.31. The van der Waals surface area contributed by atoms with Gasteiger partial charge in [-0.15, -0.1) is 0 Å². The van der Waals surface area contributed by atoms with Crippen molar-refractivity contribution < 1.29 is 4.79 Å². The molecule has 0 bridgehead atoms.